The minimum atomic E-state index is -1.65. The largest absolute Gasteiger partial charge is 0.479 e. The predicted molar refractivity (Wildman–Crippen MR) is 101 cm³/mol. The lowest BCUT2D eigenvalue weighted by Gasteiger charge is -2.13. The van der Waals surface area contributed by atoms with Gasteiger partial charge in [-0.1, -0.05) is 22.9 Å². The molecule has 3 aromatic rings. The zero-order valence-corrected chi connectivity index (χ0v) is 16.2. The average Bonchev–Trinajstić information content (AvgIpc) is 3.08. The molecule has 2 aromatic carbocycles. The van der Waals surface area contributed by atoms with Crippen LogP contribution in [-0.2, 0) is 14.3 Å². The van der Waals surface area contributed by atoms with Crippen molar-refractivity contribution in [1.29, 1.82) is 0 Å². The Balaban J connectivity index is 1.55. The molecule has 152 valence electrons. The number of carbonyl (C=O) groups excluding carboxylic acids is 2. The first kappa shape index (κ1) is 20.9. The summed E-state index contributed by atoms with van der Waals surface area (Å²) in [6.45, 7) is 0.780. The Labute approximate surface area is 171 Å². The molecule has 1 amide bonds. The molecule has 0 aliphatic rings. The molecule has 0 saturated carbocycles. The van der Waals surface area contributed by atoms with Crippen LogP contribution in [0.15, 0.2) is 30.3 Å². The van der Waals surface area contributed by atoms with Crippen LogP contribution in [0.4, 0.5) is 18.3 Å². The molecule has 0 aliphatic carbocycles. The highest BCUT2D eigenvalue weighted by Crippen LogP contribution is 2.30. The fourth-order valence-electron chi connectivity index (χ4n) is 2.20. The van der Waals surface area contributed by atoms with Crippen LogP contribution in [0, 0.1) is 17.5 Å². The number of nitrogens with one attached hydrogen (secondary N) is 1. The van der Waals surface area contributed by atoms with Crippen molar-refractivity contribution < 1.29 is 32.2 Å². The number of halogens is 4. The van der Waals surface area contributed by atoms with Gasteiger partial charge in [0.25, 0.3) is 5.91 Å². The molecule has 0 radical (unpaired) electrons. The molecule has 0 bridgehead atoms. The van der Waals surface area contributed by atoms with Crippen molar-refractivity contribution in [3.63, 3.8) is 0 Å². The Morgan fingerprint density at radius 1 is 1.21 bits per heavy atom. The molecule has 0 aliphatic heterocycles. The summed E-state index contributed by atoms with van der Waals surface area (Å²) in [7, 11) is 0. The minimum absolute atomic E-state index is 0.0127. The number of esters is 1. The number of amides is 1. The van der Waals surface area contributed by atoms with Gasteiger partial charge in [0.2, 0.25) is 0 Å². The molecule has 1 heterocycles. The number of anilines is 1. The van der Waals surface area contributed by atoms with E-state index in [1.165, 1.54) is 6.92 Å². The standard InChI is InChI=1S/C18H12ClF3N2O4S/c1-8(28-10-4-2-9(19)3-5-10)17(26)27-7-13(25)23-18-24-16-12(29-18)6-11(20)14(21)15(16)22/h2-6,8H,7H2,1H3,(H,23,24,25). The molecular weight excluding hydrogens is 433 g/mol. The Kier molecular flexibility index (Phi) is 6.23. The van der Waals surface area contributed by atoms with E-state index in [1.54, 1.807) is 24.3 Å². The van der Waals surface area contributed by atoms with Gasteiger partial charge in [-0.05, 0) is 37.3 Å². The number of rotatable bonds is 6. The molecule has 11 heteroatoms. The number of thiazole rings is 1. The van der Waals surface area contributed by atoms with E-state index < -0.39 is 47.6 Å². The number of ether oxygens (including phenoxy) is 2. The van der Waals surface area contributed by atoms with Crippen molar-refractivity contribution in [2.45, 2.75) is 13.0 Å². The van der Waals surface area contributed by atoms with Crippen LogP contribution in [0.5, 0.6) is 5.75 Å². The van der Waals surface area contributed by atoms with Gasteiger partial charge < -0.3 is 9.47 Å². The van der Waals surface area contributed by atoms with Gasteiger partial charge in [0.15, 0.2) is 35.3 Å². The average molecular weight is 445 g/mol. The van der Waals surface area contributed by atoms with E-state index in [1.807, 2.05) is 0 Å². The fourth-order valence-corrected chi connectivity index (χ4v) is 3.23. The molecule has 0 spiro atoms. The Bertz CT molecular complexity index is 1080. The maximum atomic E-state index is 13.7. The zero-order valence-electron chi connectivity index (χ0n) is 14.7. The van der Waals surface area contributed by atoms with E-state index in [4.69, 9.17) is 21.1 Å². The monoisotopic (exact) mass is 444 g/mol. The van der Waals surface area contributed by atoms with E-state index in [-0.39, 0.29) is 9.83 Å². The third-order valence-electron chi connectivity index (χ3n) is 3.57. The molecular formula is C18H12ClF3N2O4S. The third-order valence-corrected chi connectivity index (χ3v) is 4.74. The van der Waals surface area contributed by atoms with Gasteiger partial charge in [-0.3, -0.25) is 10.1 Å². The SMILES string of the molecule is CC(Oc1ccc(Cl)cc1)C(=O)OCC(=O)Nc1nc2c(F)c(F)c(F)cc2s1. The van der Waals surface area contributed by atoms with Crippen LogP contribution >= 0.6 is 22.9 Å². The lowest BCUT2D eigenvalue weighted by Crippen LogP contribution is -2.29. The Morgan fingerprint density at radius 2 is 1.90 bits per heavy atom. The van der Waals surface area contributed by atoms with Crippen LogP contribution in [0.1, 0.15) is 6.92 Å². The summed E-state index contributed by atoms with van der Waals surface area (Å²) >= 11 is 6.50. The third kappa shape index (κ3) is 4.96. The Morgan fingerprint density at radius 3 is 2.59 bits per heavy atom. The van der Waals surface area contributed by atoms with Crippen LogP contribution in [0.2, 0.25) is 5.02 Å². The summed E-state index contributed by atoms with van der Waals surface area (Å²) < 4.78 is 50.4. The van der Waals surface area contributed by atoms with Gasteiger partial charge in [-0.15, -0.1) is 0 Å². The van der Waals surface area contributed by atoms with Gasteiger partial charge in [0.05, 0.1) is 4.70 Å². The van der Waals surface area contributed by atoms with Crippen molar-refractivity contribution in [2.75, 3.05) is 11.9 Å². The van der Waals surface area contributed by atoms with Gasteiger partial charge >= 0.3 is 5.97 Å². The highest BCUT2D eigenvalue weighted by molar-refractivity contribution is 7.22. The second kappa shape index (κ2) is 8.66. The number of aromatic nitrogens is 1. The normalized spacial score (nSPS) is 11.9. The van der Waals surface area contributed by atoms with Gasteiger partial charge in [-0.25, -0.2) is 22.9 Å². The van der Waals surface area contributed by atoms with Gasteiger partial charge in [0, 0.05) is 5.02 Å². The molecule has 3 rings (SSSR count). The first-order valence-corrected chi connectivity index (χ1v) is 9.27. The highest BCUT2D eigenvalue weighted by Gasteiger charge is 2.20. The summed E-state index contributed by atoms with van der Waals surface area (Å²) in [5.74, 6) is -5.63. The second-order valence-corrected chi connectivity index (χ2v) is 7.19. The summed E-state index contributed by atoms with van der Waals surface area (Å²) in [5.41, 5.74) is -0.411. The summed E-state index contributed by atoms with van der Waals surface area (Å²) in [5, 5.41) is 2.67. The first-order valence-electron chi connectivity index (χ1n) is 8.07. The minimum Gasteiger partial charge on any atom is -0.479 e. The van der Waals surface area contributed by atoms with Crippen LogP contribution in [-0.4, -0.2) is 29.6 Å². The molecule has 29 heavy (non-hydrogen) atoms. The summed E-state index contributed by atoms with van der Waals surface area (Å²) in [6.07, 6.45) is -0.994. The molecule has 1 unspecified atom stereocenters. The quantitative estimate of drug-likeness (QED) is 0.452. The van der Waals surface area contributed by atoms with E-state index in [0.29, 0.717) is 10.8 Å². The van der Waals surface area contributed by atoms with E-state index in [9.17, 15) is 22.8 Å². The van der Waals surface area contributed by atoms with Crippen LogP contribution in [0.25, 0.3) is 10.2 Å². The molecule has 1 N–H and O–H groups in total. The molecule has 1 atom stereocenters. The highest BCUT2D eigenvalue weighted by atomic mass is 35.5. The van der Waals surface area contributed by atoms with Crippen molar-refractivity contribution in [1.82, 2.24) is 4.98 Å². The van der Waals surface area contributed by atoms with Crippen LogP contribution in [0.3, 0.4) is 0 Å². The van der Waals surface area contributed by atoms with Crippen molar-refractivity contribution in [3.05, 3.63) is 52.8 Å². The number of carbonyl (C=O) groups is 2. The van der Waals surface area contributed by atoms with Crippen molar-refractivity contribution in [3.8, 4) is 5.75 Å². The van der Waals surface area contributed by atoms with Crippen molar-refractivity contribution >= 4 is 50.2 Å². The first-order chi connectivity index (χ1) is 13.7. The molecule has 6 nitrogen and oxygen atoms in total. The predicted octanol–water partition coefficient (Wildman–Crippen LogP) is 4.32. The summed E-state index contributed by atoms with van der Waals surface area (Å²) in [6, 6.07) is 7.08. The lowest BCUT2D eigenvalue weighted by molar-refractivity contribution is -0.153. The Hall–Kier alpha value is -2.85. The lowest BCUT2D eigenvalue weighted by atomic mass is 10.3. The smallest absolute Gasteiger partial charge is 0.347 e. The van der Waals surface area contributed by atoms with Gasteiger partial charge in [0.1, 0.15) is 11.3 Å². The van der Waals surface area contributed by atoms with Crippen molar-refractivity contribution in [2.24, 2.45) is 0 Å². The van der Waals surface area contributed by atoms with Gasteiger partial charge in [-0.2, -0.15) is 0 Å². The second-order valence-electron chi connectivity index (χ2n) is 5.72. The number of nitrogens with zero attached hydrogens (tertiary/aromatic N) is 1. The topological polar surface area (TPSA) is 77.5 Å². The fraction of sp³-hybridized carbons (Fsp3) is 0.167. The summed E-state index contributed by atoms with van der Waals surface area (Å²) in [4.78, 5) is 27.6. The van der Waals surface area contributed by atoms with E-state index in [2.05, 4.69) is 10.3 Å². The van der Waals surface area contributed by atoms with Crippen LogP contribution < -0.4 is 10.1 Å². The molecule has 0 fully saturated rings. The maximum Gasteiger partial charge on any atom is 0.347 e. The number of hydrogen-bond acceptors (Lipinski definition) is 6. The van der Waals surface area contributed by atoms with E-state index >= 15 is 0 Å². The molecule has 0 saturated heterocycles. The number of benzene rings is 2. The number of fused-ring (bicyclic) bond motifs is 1. The van der Waals surface area contributed by atoms with E-state index in [0.717, 1.165) is 17.4 Å². The maximum absolute atomic E-state index is 13.7. The molecule has 1 aromatic heterocycles. The zero-order chi connectivity index (χ0) is 21.1. The number of hydrogen-bond donors (Lipinski definition) is 1.